The van der Waals surface area contributed by atoms with Gasteiger partial charge in [0.05, 0.1) is 12.9 Å². The molecule has 124 valence electrons. The van der Waals surface area contributed by atoms with Gasteiger partial charge in [0.15, 0.2) is 0 Å². The van der Waals surface area contributed by atoms with Crippen molar-refractivity contribution < 1.29 is 18.3 Å². The fourth-order valence-electron chi connectivity index (χ4n) is 2.85. The molecule has 3 N–H and O–H groups in total. The van der Waals surface area contributed by atoms with Gasteiger partial charge in [0, 0.05) is 12.0 Å². The van der Waals surface area contributed by atoms with Crippen LogP contribution < -0.4 is 10.0 Å². The van der Waals surface area contributed by atoms with Crippen LogP contribution in [0, 0.1) is 11.3 Å². The summed E-state index contributed by atoms with van der Waals surface area (Å²) in [4.78, 5) is 12.3. The van der Waals surface area contributed by atoms with Crippen LogP contribution in [0.2, 0.25) is 0 Å². The molecule has 0 saturated heterocycles. The van der Waals surface area contributed by atoms with E-state index >= 15 is 0 Å². The van der Waals surface area contributed by atoms with E-state index in [2.05, 4.69) is 10.0 Å². The maximum atomic E-state index is 12.3. The predicted molar refractivity (Wildman–Crippen MR) is 82.2 cm³/mol. The molecule has 1 unspecified atom stereocenters. The molecule has 0 heterocycles. The van der Waals surface area contributed by atoms with Gasteiger partial charge in [0.1, 0.15) is 6.04 Å². The summed E-state index contributed by atoms with van der Waals surface area (Å²) in [5.41, 5.74) is -0.233. The third-order valence-corrected chi connectivity index (χ3v) is 4.73. The minimum absolute atomic E-state index is 0.0572. The fraction of sp³-hybridized carbons (Fsp3) is 0.929. The average Bonchev–Trinajstić information content (AvgIpc) is 2.82. The second-order valence-electron chi connectivity index (χ2n) is 6.66. The third-order valence-electron chi connectivity index (χ3n) is 4.02. The molecule has 1 saturated carbocycles. The highest BCUT2D eigenvalue weighted by Gasteiger charge is 2.34. The minimum atomic E-state index is -3.43. The van der Waals surface area contributed by atoms with Crippen molar-refractivity contribution >= 4 is 15.9 Å². The third kappa shape index (κ3) is 6.32. The first-order valence-corrected chi connectivity index (χ1v) is 9.42. The minimum Gasteiger partial charge on any atom is -0.396 e. The van der Waals surface area contributed by atoms with Crippen LogP contribution in [-0.4, -0.2) is 44.9 Å². The number of hydrogen-bond acceptors (Lipinski definition) is 4. The molecule has 0 aromatic carbocycles. The number of amides is 1. The Bertz CT molecular complexity index is 442. The van der Waals surface area contributed by atoms with Gasteiger partial charge in [-0.25, -0.2) is 13.1 Å². The normalized spacial score (nSPS) is 19.7. The summed E-state index contributed by atoms with van der Waals surface area (Å²) < 4.78 is 25.1. The zero-order chi connectivity index (χ0) is 16.1. The average molecular weight is 320 g/mol. The maximum Gasteiger partial charge on any atom is 0.238 e. The highest BCUT2D eigenvalue weighted by Crippen LogP contribution is 2.36. The van der Waals surface area contributed by atoms with Crippen LogP contribution in [0.4, 0.5) is 0 Å². The molecule has 1 amide bonds. The van der Waals surface area contributed by atoms with Gasteiger partial charge in [-0.1, -0.05) is 26.7 Å². The lowest BCUT2D eigenvalue weighted by Gasteiger charge is -2.28. The van der Waals surface area contributed by atoms with E-state index in [4.69, 9.17) is 0 Å². The van der Waals surface area contributed by atoms with Gasteiger partial charge < -0.3 is 10.4 Å². The van der Waals surface area contributed by atoms with Crippen LogP contribution in [0.3, 0.4) is 0 Å². The number of aliphatic hydroxyl groups excluding tert-OH is 1. The first-order valence-electron chi connectivity index (χ1n) is 7.53. The van der Waals surface area contributed by atoms with E-state index in [1.807, 2.05) is 13.8 Å². The van der Waals surface area contributed by atoms with Gasteiger partial charge >= 0.3 is 0 Å². The summed E-state index contributed by atoms with van der Waals surface area (Å²) in [6, 6.07) is -0.753. The van der Waals surface area contributed by atoms with Crippen molar-refractivity contribution in [3.05, 3.63) is 0 Å². The zero-order valence-electron chi connectivity index (χ0n) is 13.2. The van der Waals surface area contributed by atoms with Crippen LogP contribution in [0.25, 0.3) is 0 Å². The molecule has 21 heavy (non-hydrogen) atoms. The largest absolute Gasteiger partial charge is 0.396 e. The van der Waals surface area contributed by atoms with Gasteiger partial charge in [0.2, 0.25) is 15.9 Å². The Hall–Kier alpha value is -0.660. The van der Waals surface area contributed by atoms with E-state index in [-0.39, 0.29) is 23.8 Å². The first kappa shape index (κ1) is 18.4. The van der Waals surface area contributed by atoms with Crippen LogP contribution in [0.1, 0.15) is 46.0 Å². The lowest BCUT2D eigenvalue weighted by atomic mass is 9.87. The van der Waals surface area contributed by atoms with Gasteiger partial charge in [-0.05, 0) is 25.2 Å². The zero-order valence-corrected chi connectivity index (χ0v) is 14.0. The summed E-state index contributed by atoms with van der Waals surface area (Å²) in [5.74, 6) is -0.109. The van der Waals surface area contributed by atoms with Crippen molar-refractivity contribution in [2.24, 2.45) is 11.3 Å². The molecule has 1 aliphatic rings. The molecule has 0 aliphatic heterocycles. The standard InChI is InChI=1S/C14H28N2O4S/c1-11(2)8-12(16-21(3,19)20)13(18)15-9-14(10-17)6-4-5-7-14/h11-12,16-17H,4-10H2,1-3H3,(H,15,18). The number of carbonyl (C=O) groups excluding carboxylic acids is 1. The molecule has 0 aromatic rings. The molecule has 1 fully saturated rings. The van der Waals surface area contributed by atoms with E-state index in [1.165, 1.54) is 0 Å². The van der Waals surface area contributed by atoms with Crippen molar-refractivity contribution in [1.82, 2.24) is 10.0 Å². The van der Waals surface area contributed by atoms with Crippen molar-refractivity contribution in [2.45, 2.75) is 52.0 Å². The van der Waals surface area contributed by atoms with E-state index in [0.29, 0.717) is 13.0 Å². The molecule has 0 spiro atoms. The van der Waals surface area contributed by atoms with Gasteiger partial charge in [-0.3, -0.25) is 4.79 Å². The Labute approximate surface area is 127 Å². The van der Waals surface area contributed by atoms with E-state index in [9.17, 15) is 18.3 Å². The Morgan fingerprint density at radius 1 is 1.29 bits per heavy atom. The number of sulfonamides is 1. The van der Waals surface area contributed by atoms with Gasteiger partial charge in [-0.15, -0.1) is 0 Å². The van der Waals surface area contributed by atoms with E-state index < -0.39 is 16.1 Å². The SMILES string of the molecule is CC(C)CC(NS(C)(=O)=O)C(=O)NCC1(CO)CCCC1. The Kier molecular flexibility index (Phi) is 6.62. The molecule has 1 atom stereocenters. The Morgan fingerprint density at radius 2 is 1.86 bits per heavy atom. The summed E-state index contributed by atoms with van der Waals surface area (Å²) in [6.45, 7) is 4.34. The lowest BCUT2D eigenvalue weighted by molar-refractivity contribution is -0.123. The molecular weight excluding hydrogens is 292 g/mol. The molecule has 0 aromatic heterocycles. The summed E-state index contributed by atoms with van der Waals surface area (Å²) >= 11 is 0. The van der Waals surface area contributed by atoms with Crippen molar-refractivity contribution in [3.8, 4) is 0 Å². The summed E-state index contributed by atoms with van der Waals surface area (Å²) in [7, 11) is -3.43. The highest BCUT2D eigenvalue weighted by atomic mass is 32.2. The molecule has 0 bridgehead atoms. The number of hydrogen-bond donors (Lipinski definition) is 3. The second-order valence-corrected chi connectivity index (χ2v) is 8.44. The van der Waals surface area contributed by atoms with Crippen LogP contribution >= 0.6 is 0 Å². The fourth-order valence-corrected chi connectivity index (χ4v) is 3.57. The van der Waals surface area contributed by atoms with E-state index in [0.717, 1.165) is 31.9 Å². The molecular formula is C14H28N2O4S. The molecule has 7 heteroatoms. The molecule has 0 radical (unpaired) electrons. The predicted octanol–water partition coefficient (Wildman–Crippen LogP) is 0.619. The van der Waals surface area contributed by atoms with Crippen LogP contribution in [0.5, 0.6) is 0 Å². The molecule has 1 rings (SSSR count). The lowest BCUT2D eigenvalue weighted by Crippen LogP contribution is -2.49. The van der Waals surface area contributed by atoms with Gasteiger partial charge in [0.25, 0.3) is 0 Å². The second kappa shape index (κ2) is 7.56. The van der Waals surface area contributed by atoms with Crippen molar-refractivity contribution in [1.29, 1.82) is 0 Å². The maximum absolute atomic E-state index is 12.3. The quantitative estimate of drug-likeness (QED) is 0.611. The van der Waals surface area contributed by atoms with Crippen molar-refractivity contribution in [2.75, 3.05) is 19.4 Å². The molecule has 6 nitrogen and oxygen atoms in total. The number of nitrogens with one attached hydrogen (secondary N) is 2. The highest BCUT2D eigenvalue weighted by molar-refractivity contribution is 7.88. The number of rotatable bonds is 8. The monoisotopic (exact) mass is 320 g/mol. The first-order chi connectivity index (χ1) is 9.67. The van der Waals surface area contributed by atoms with E-state index in [1.54, 1.807) is 0 Å². The topological polar surface area (TPSA) is 95.5 Å². The van der Waals surface area contributed by atoms with Crippen LogP contribution in [-0.2, 0) is 14.8 Å². The smallest absolute Gasteiger partial charge is 0.238 e. The summed E-state index contributed by atoms with van der Waals surface area (Å²) in [6.07, 6.45) is 5.43. The number of aliphatic hydroxyl groups is 1. The molecule has 1 aliphatic carbocycles. The number of carbonyl (C=O) groups is 1. The van der Waals surface area contributed by atoms with Gasteiger partial charge in [-0.2, -0.15) is 0 Å². The summed E-state index contributed by atoms with van der Waals surface area (Å²) in [5, 5.41) is 12.4. The Balaban J connectivity index is 2.63. The Morgan fingerprint density at radius 3 is 2.29 bits per heavy atom. The van der Waals surface area contributed by atoms with Crippen molar-refractivity contribution in [3.63, 3.8) is 0 Å². The van der Waals surface area contributed by atoms with Crippen LogP contribution in [0.15, 0.2) is 0 Å².